The molecule has 5 nitrogen and oxygen atoms in total. The lowest BCUT2D eigenvalue weighted by atomic mass is 9.93. The second-order valence-corrected chi connectivity index (χ2v) is 8.56. The third-order valence-electron chi connectivity index (χ3n) is 4.89. The Bertz CT molecular complexity index is 1120. The van der Waals surface area contributed by atoms with Gasteiger partial charge in [-0.25, -0.2) is 0 Å². The molecule has 0 spiro atoms. The van der Waals surface area contributed by atoms with E-state index in [9.17, 15) is 22.9 Å². The first-order valence-corrected chi connectivity index (χ1v) is 10.6. The predicted molar refractivity (Wildman–Crippen MR) is 111 cm³/mol. The maximum Gasteiger partial charge on any atom is 0.276 e. The zero-order valence-electron chi connectivity index (χ0n) is 16.1. The summed E-state index contributed by atoms with van der Waals surface area (Å²) in [4.78, 5) is 12.8. The van der Waals surface area contributed by atoms with Crippen LogP contribution in [0.2, 0.25) is 0 Å². The molecule has 0 aliphatic carbocycles. The first kappa shape index (κ1) is 20.9. The van der Waals surface area contributed by atoms with Gasteiger partial charge in [-0.2, -0.15) is 8.42 Å². The molecule has 3 aromatic carbocycles. The highest BCUT2D eigenvalue weighted by Crippen LogP contribution is 2.33. The molecule has 2 atom stereocenters. The lowest BCUT2D eigenvalue weighted by molar-refractivity contribution is 0.0747. The Balaban J connectivity index is 2.05. The molecule has 0 aromatic heterocycles. The number of Topliss-reactive ketones (excluding diaryl/α,β-unsaturated/α-hetero) is 1. The zero-order valence-corrected chi connectivity index (χ0v) is 16.9. The van der Waals surface area contributed by atoms with Crippen LogP contribution < -0.4 is 0 Å². The fourth-order valence-corrected chi connectivity index (χ4v) is 4.35. The highest BCUT2D eigenvalue weighted by molar-refractivity contribution is 7.86. The first-order valence-electron chi connectivity index (χ1n) is 9.09. The zero-order chi connectivity index (χ0) is 21.2. The van der Waals surface area contributed by atoms with Crippen LogP contribution in [0.3, 0.4) is 0 Å². The van der Waals surface area contributed by atoms with E-state index in [0.717, 1.165) is 5.56 Å². The van der Waals surface area contributed by atoms with E-state index in [1.807, 2.05) is 6.92 Å². The van der Waals surface area contributed by atoms with Gasteiger partial charge in [-0.3, -0.25) is 9.35 Å². The summed E-state index contributed by atoms with van der Waals surface area (Å²) < 4.78 is 34.2. The number of benzene rings is 3. The van der Waals surface area contributed by atoms with Crippen LogP contribution in [0.25, 0.3) is 0 Å². The summed E-state index contributed by atoms with van der Waals surface area (Å²) in [6, 6.07) is 19.9. The van der Waals surface area contributed by atoms with Crippen molar-refractivity contribution in [1.29, 1.82) is 0 Å². The highest BCUT2D eigenvalue weighted by atomic mass is 32.2. The molecule has 3 aromatic rings. The van der Waals surface area contributed by atoms with Gasteiger partial charge >= 0.3 is 0 Å². The summed E-state index contributed by atoms with van der Waals surface area (Å²) >= 11 is 0. The molecule has 2 unspecified atom stereocenters. The van der Waals surface area contributed by atoms with Gasteiger partial charge in [-0.05, 0) is 42.2 Å². The molecule has 0 heterocycles. The van der Waals surface area contributed by atoms with E-state index in [4.69, 9.17) is 0 Å². The molecular weight excluding hydrogens is 388 g/mol. The number of carbonyl (C=O) groups excluding carboxylic acids is 1. The van der Waals surface area contributed by atoms with Crippen LogP contribution in [-0.2, 0) is 10.1 Å². The van der Waals surface area contributed by atoms with Gasteiger partial charge in [0.15, 0.2) is 5.78 Å². The lowest BCUT2D eigenvalue weighted by Gasteiger charge is -2.19. The molecule has 150 valence electrons. The molecule has 0 bridgehead atoms. The van der Waals surface area contributed by atoms with Crippen LogP contribution in [-0.4, -0.2) is 23.9 Å². The normalized spacial score (nSPS) is 13.7. The van der Waals surface area contributed by atoms with Crippen LogP contribution in [0.15, 0.2) is 72.8 Å². The van der Waals surface area contributed by atoms with E-state index in [1.54, 1.807) is 73.7 Å². The number of aliphatic hydroxyl groups is 1. The molecule has 0 aliphatic rings. The summed E-state index contributed by atoms with van der Waals surface area (Å²) in [6.45, 7) is 3.62. The largest absolute Gasteiger partial charge is 0.380 e. The van der Waals surface area contributed by atoms with Gasteiger partial charge in [0, 0.05) is 5.56 Å². The van der Waals surface area contributed by atoms with Crippen LogP contribution in [0.4, 0.5) is 0 Å². The summed E-state index contributed by atoms with van der Waals surface area (Å²) in [5.41, 5.74) is 2.92. The van der Waals surface area contributed by atoms with Crippen LogP contribution in [0.5, 0.6) is 0 Å². The van der Waals surface area contributed by atoms with Crippen LogP contribution in [0.1, 0.15) is 49.5 Å². The molecule has 3 rings (SSSR count). The number of hydrogen-bond donors (Lipinski definition) is 2. The van der Waals surface area contributed by atoms with E-state index in [1.165, 1.54) is 6.07 Å². The number of ketones is 1. The minimum absolute atomic E-state index is 0.170. The average Bonchev–Trinajstić information content (AvgIpc) is 2.69. The fraction of sp³-hybridized carbons (Fsp3) is 0.174. The smallest absolute Gasteiger partial charge is 0.276 e. The van der Waals surface area contributed by atoms with Crippen LogP contribution >= 0.6 is 0 Å². The SMILES string of the molecule is Cc1ccc(C(O)C(=O)c2ccc(C)c(C(c3ccccc3)S(=O)(=O)O)c2)cc1. The number of aryl methyl sites for hydroxylation is 2. The average molecular weight is 410 g/mol. The van der Waals surface area contributed by atoms with Gasteiger partial charge in [-0.15, -0.1) is 0 Å². The Morgan fingerprint density at radius 2 is 1.48 bits per heavy atom. The molecule has 0 fully saturated rings. The third kappa shape index (κ3) is 4.62. The Kier molecular flexibility index (Phi) is 5.98. The third-order valence-corrected chi connectivity index (χ3v) is 6.01. The quantitative estimate of drug-likeness (QED) is 0.469. The van der Waals surface area contributed by atoms with Crippen molar-refractivity contribution in [1.82, 2.24) is 0 Å². The maximum atomic E-state index is 12.8. The second-order valence-electron chi connectivity index (χ2n) is 7.05. The lowest BCUT2D eigenvalue weighted by Crippen LogP contribution is -2.17. The molecular formula is C23H22O5S. The molecule has 0 radical (unpaired) electrons. The molecule has 0 saturated heterocycles. The summed E-state index contributed by atoms with van der Waals surface area (Å²) in [7, 11) is -4.49. The summed E-state index contributed by atoms with van der Waals surface area (Å²) in [5.74, 6) is -0.544. The van der Waals surface area contributed by atoms with Gasteiger partial charge in [0.05, 0.1) is 0 Å². The van der Waals surface area contributed by atoms with Crippen LogP contribution in [0, 0.1) is 13.8 Å². The number of carbonyl (C=O) groups is 1. The number of rotatable bonds is 6. The summed E-state index contributed by atoms with van der Waals surface area (Å²) in [5, 5.41) is 9.17. The number of aliphatic hydroxyl groups excluding tert-OH is 1. The second kappa shape index (κ2) is 8.29. The minimum Gasteiger partial charge on any atom is -0.380 e. The molecule has 0 amide bonds. The van der Waals surface area contributed by atoms with E-state index < -0.39 is 27.3 Å². The Morgan fingerprint density at radius 3 is 2.07 bits per heavy atom. The number of hydrogen-bond acceptors (Lipinski definition) is 4. The molecule has 0 saturated carbocycles. The molecule has 0 aliphatic heterocycles. The van der Waals surface area contributed by atoms with E-state index >= 15 is 0 Å². The topological polar surface area (TPSA) is 91.7 Å². The monoisotopic (exact) mass is 410 g/mol. The highest BCUT2D eigenvalue weighted by Gasteiger charge is 2.30. The summed E-state index contributed by atoms with van der Waals surface area (Å²) in [6.07, 6.45) is -1.37. The van der Waals surface area contributed by atoms with Crippen molar-refractivity contribution in [3.63, 3.8) is 0 Å². The molecule has 2 N–H and O–H groups in total. The van der Waals surface area contributed by atoms with Gasteiger partial charge in [-0.1, -0.05) is 72.3 Å². The Labute approximate surface area is 170 Å². The van der Waals surface area contributed by atoms with Crippen molar-refractivity contribution >= 4 is 15.9 Å². The molecule has 6 heteroatoms. The maximum absolute atomic E-state index is 12.8. The van der Waals surface area contributed by atoms with Crippen molar-refractivity contribution in [2.45, 2.75) is 25.2 Å². The molecule has 29 heavy (non-hydrogen) atoms. The van der Waals surface area contributed by atoms with Crippen molar-refractivity contribution in [2.75, 3.05) is 0 Å². The fourth-order valence-electron chi connectivity index (χ4n) is 3.27. The van der Waals surface area contributed by atoms with Crippen molar-refractivity contribution in [2.24, 2.45) is 0 Å². The van der Waals surface area contributed by atoms with Gasteiger partial charge < -0.3 is 5.11 Å². The Hall–Kier alpha value is -2.80. The standard InChI is InChI=1S/C23H22O5S/c1-15-8-11-17(12-9-15)21(24)22(25)19-13-10-16(2)20(14-19)23(29(26,27)28)18-6-4-3-5-7-18/h3-14,21,23-24H,1-2H3,(H,26,27,28). The van der Waals surface area contributed by atoms with Gasteiger partial charge in [0.1, 0.15) is 11.4 Å². The van der Waals surface area contributed by atoms with Crippen molar-refractivity contribution < 1.29 is 22.9 Å². The van der Waals surface area contributed by atoms with Crippen molar-refractivity contribution in [3.8, 4) is 0 Å². The van der Waals surface area contributed by atoms with E-state index in [2.05, 4.69) is 0 Å². The van der Waals surface area contributed by atoms with E-state index in [-0.39, 0.29) is 5.56 Å². The minimum atomic E-state index is -4.49. The first-order chi connectivity index (χ1) is 13.7. The Morgan fingerprint density at radius 1 is 0.862 bits per heavy atom. The van der Waals surface area contributed by atoms with E-state index in [0.29, 0.717) is 22.3 Å². The predicted octanol–water partition coefficient (Wildman–Crippen LogP) is 4.20. The van der Waals surface area contributed by atoms with Gasteiger partial charge in [0.2, 0.25) is 0 Å². The van der Waals surface area contributed by atoms with Gasteiger partial charge in [0.25, 0.3) is 10.1 Å². The van der Waals surface area contributed by atoms with Crippen molar-refractivity contribution in [3.05, 3.63) is 106 Å².